The second-order valence-corrected chi connectivity index (χ2v) is 8.93. The maximum Gasteiger partial charge on any atom is 0.330 e. The lowest BCUT2D eigenvalue weighted by Crippen LogP contribution is -2.02. The molecule has 0 bridgehead atoms. The lowest BCUT2D eigenvalue weighted by Gasteiger charge is -2.07. The molecular weight excluding hydrogens is 450 g/mol. The summed E-state index contributed by atoms with van der Waals surface area (Å²) in [5, 5.41) is 0. The van der Waals surface area contributed by atoms with Crippen LogP contribution < -0.4 is 9.47 Å². The lowest BCUT2D eigenvalue weighted by atomic mass is 10.1. The standard InChI is InChI=1S/C31H43NO4/c1-3-5-6-7-8-9-12-23-35-30-21-17-28(18-22-30)32-26-27-15-19-29(20-16-27)34-24-13-10-11-14-25-36-31(33)4-2/h4,15-22,26H,2-3,5-14,23-25H2,1H3. The van der Waals surface area contributed by atoms with E-state index in [-0.39, 0.29) is 5.97 Å². The molecule has 0 saturated heterocycles. The van der Waals surface area contributed by atoms with Gasteiger partial charge in [0, 0.05) is 12.3 Å². The van der Waals surface area contributed by atoms with Crippen molar-refractivity contribution >= 4 is 17.9 Å². The number of nitrogens with zero attached hydrogens (tertiary/aromatic N) is 1. The summed E-state index contributed by atoms with van der Waals surface area (Å²) in [6.45, 7) is 7.53. The number of hydrogen-bond donors (Lipinski definition) is 0. The number of hydrogen-bond acceptors (Lipinski definition) is 5. The van der Waals surface area contributed by atoms with Crippen LogP contribution in [-0.4, -0.2) is 32.0 Å². The molecule has 36 heavy (non-hydrogen) atoms. The largest absolute Gasteiger partial charge is 0.494 e. The Morgan fingerprint density at radius 2 is 1.22 bits per heavy atom. The molecule has 5 nitrogen and oxygen atoms in total. The first-order chi connectivity index (χ1) is 17.7. The zero-order valence-electron chi connectivity index (χ0n) is 22.0. The number of carbonyl (C=O) groups is 1. The Balaban J connectivity index is 1.58. The molecule has 2 aromatic rings. The minimum Gasteiger partial charge on any atom is -0.494 e. The van der Waals surface area contributed by atoms with Gasteiger partial charge in [0.2, 0.25) is 0 Å². The van der Waals surface area contributed by atoms with E-state index < -0.39 is 0 Å². The van der Waals surface area contributed by atoms with Crippen LogP contribution in [0.2, 0.25) is 0 Å². The van der Waals surface area contributed by atoms with E-state index in [0.717, 1.165) is 61.5 Å². The molecule has 0 aliphatic rings. The highest BCUT2D eigenvalue weighted by Crippen LogP contribution is 2.19. The monoisotopic (exact) mass is 493 g/mol. The van der Waals surface area contributed by atoms with E-state index in [1.54, 1.807) is 0 Å². The van der Waals surface area contributed by atoms with Gasteiger partial charge in [0.05, 0.1) is 25.5 Å². The minimum absolute atomic E-state index is 0.358. The summed E-state index contributed by atoms with van der Waals surface area (Å²) in [4.78, 5) is 15.5. The Morgan fingerprint density at radius 3 is 1.78 bits per heavy atom. The normalized spacial score (nSPS) is 10.9. The van der Waals surface area contributed by atoms with Crippen LogP contribution in [0.4, 0.5) is 5.69 Å². The molecule has 0 aliphatic heterocycles. The Kier molecular flexibility index (Phi) is 15.5. The number of rotatable bonds is 20. The molecule has 0 aliphatic carbocycles. The van der Waals surface area contributed by atoms with Crippen LogP contribution in [0.15, 0.2) is 66.2 Å². The highest BCUT2D eigenvalue weighted by molar-refractivity contribution is 5.82. The fourth-order valence-corrected chi connectivity index (χ4v) is 3.66. The maximum absolute atomic E-state index is 11.0. The number of carbonyl (C=O) groups excluding carboxylic acids is 1. The SMILES string of the molecule is C=CC(=O)OCCCCCCOc1ccc(C=Nc2ccc(OCCCCCCCCC)cc2)cc1. The molecule has 2 rings (SSSR count). The number of benzene rings is 2. The van der Waals surface area contributed by atoms with E-state index in [1.165, 1.54) is 44.6 Å². The summed E-state index contributed by atoms with van der Waals surface area (Å²) >= 11 is 0. The van der Waals surface area contributed by atoms with Gasteiger partial charge in [-0.3, -0.25) is 4.99 Å². The van der Waals surface area contributed by atoms with Gasteiger partial charge < -0.3 is 14.2 Å². The van der Waals surface area contributed by atoms with Crippen molar-refractivity contribution in [3.8, 4) is 11.5 Å². The van der Waals surface area contributed by atoms with Crippen LogP contribution in [0.3, 0.4) is 0 Å². The molecule has 0 atom stereocenters. The van der Waals surface area contributed by atoms with Crippen molar-refractivity contribution in [2.45, 2.75) is 77.6 Å². The van der Waals surface area contributed by atoms with Crippen LogP contribution in [-0.2, 0) is 9.53 Å². The average molecular weight is 494 g/mol. The zero-order chi connectivity index (χ0) is 25.7. The molecule has 0 radical (unpaired) electrons. The van der Waals surface area contributed by atoms with Gasteiger partial charge in [-0.25, -0.2) is 4.79 Å². The molecule has 5 heteroatoms. The fraction of sp³-hybridized carbons (Fsp3) is 0.484. The average Bonchev–Trinajstić information content (AvgIpc) is 2.91. The predicted octanol–water partition coefficient (Wildman–Crippen LogP) is 8.24. The van der Waals surface area contributed by atoms with E-state index in [9.17, 15) is 4.79 Å². The van der Waals surface area contributed by atoms with Crippen molar-refractivity contribution in [1.82, 2.24) is 0 Å². The third kappa shape index (κ3) is 13.7. The summed E-state index contributed by atoms with van der Waals surface area (Å²) in [6, 6.07) is 15.9. The Labute approximate surface area is 217 Å². The summed E-state index contributed by atoms with van der Waals surface area (Å²) < 4.78 is 16.6. The molecule has 0 heterocycles. The third-order valence-electron chi connectivity index (χ3n) is 5.81. The van der Waals surface area contributed by atoms with Crippen molar-refractivity contribution in [1.29, 1.82) is 0 Å². The first-order valence-corrected chi connectivity index (χ1v) is 13.5. The van der Waals surface area contributed by atoms with Crippen LogP contribution in [0.25, 0.3) is 0 Å². The van der Waals surface area contributed by atoms with E-state index in [0.29, 0.717) is 13.2 Å². The molecule has 0 spiro atoms. The van der Waals surface area contributed by atoms with Crippen LogP contribution >= 0.6 is 0 Å². The van der Waals surface area contributed by atoms with Gasteiger partial charge in [-0.15, -0.1) is 0 Å². The second kappa shape index (κ2) is 19.1. The van der Waals surface area contributed by atoms with Gasteiger partial charge in [0.1, 0.15) is 11.5 Å². The highest BCUT2D eigenvalue weighted by Gasteiger charge is 1.99. The van der Waals surface area contributed by atoms with Gasteiger partial charge in [0.25, 0.3) is 0 Å². The summed E-state index contributed by atoms with van der Waals surface area (Å²) in [5.41, 5.74) is 1.92. The van der Waals surface area contributed by atoms with Crippen molar-refractivity contribution in [2.75, 3.05) is 19.8 Å². The van der Waals surface area contributed by atoms with E-state index in [2.05, 4.69) is 18.5 Å². The van der Waals surface area contributed by atoms with Crippen LogP contribution in [0.1, 0.15) is 83.1 Å². The minimum atomic E-state index is -0.358. The van der Waals surface area contributed by atoms with Gasteiger partial charge in [-0.05, 0) is 86.2 Å². The first-order valence-electron chi connectivity index (χ1n) is 13.5. The van der Waals surface area contributed by atoms with Crippen molar-refractivity contribution < 1.29 is 19.0 Å². The van der Waals surface area contributed by atoms with Crippen molar-refractivity contribution in [2.24, 2.45) is 4.99 Å². The maximum atomic E-state index is 11.0. The highest BCUT2D eigenvalue weighted by atomic mass is 16.5. The fourth-order valence-electron chi connectivity index (χ4n) is 3.66. The number of ether oxygens (including phenoxy) is 3. The predicted molar refractivity (Wildman–Crippen MR) is 149 cm³/mol. The van der Waals surface area contributed by atoms with E-state index in [4.69, 9.17) is 14.2 Å². The second-order valence-electron chi connectivity index (χ2n) is 8.93. The van der Waals surface area contributed by atoms with Gasteiger partial charge >= 0.3 is 5.97 Å². The molecule has 2 aromatic carbocycles. The molecule has 0 fully saturated rings. The third-order valence-corrected chi connectivity index (χ3v) is 5.81. The Morgan fingerprint density at radius 1 is 0.722 bits per heavy atom. The quantitative estimate of drug-likeness (QED) is 0.0806. The van der Waals surface area contributed by atoms with Gasteiger partial charge in [-0.1, -0.05) is 52.0 Å². The molecule has 0 N–H and O–H groups in total. The van der Waals surface area contributed by atoms with Crippen LogP contribution in [0, 0.1) is 0 Å². The molecular formula is C31H43NO4. The molecule has 0 aromatic heterocycles. The first kappa shape index (κ1) is 29.2. The summed E-state index contributed by atoms with van der Waals surface area (Å²) in [7, 11) is 0. The molecule has 0 unspecified atom stereocenters. The topological polar surface area (TPSA) is 57.1 Å². The Hall–Kier alpha value is -3.08. The molecule has 0 amide bonds. The molecule has 196 valence electrons. The van der Waals surface area contributed by atoms with Gasteiger partial charge in [0.15, 0.2) is 0 Å². The summed E-state index contributed by atoms with van der Waals surface area (Å²) in [6.07, 6.45) is 15.9. The smallest absolute Gasteiger partial charge is 0.330 e. The molecule has 0 saturated carbocycles. The zero-order valence-corrected chi connectivity index (χ0v) is 22.0. The number of unbranched alkanes of at least 4 members (excludes halogenated alkanes) is 9. The lowest BCUT2D eigenvalue weighted by molar-refractivity contribution is -0.137. The summed E-state index contributed by atoms with van der Waals surface area (Å²) in [5.74, 6) is 1.40. The van der Waals surface area contributed by atoms with Crippen LogP contribution in [0.5, 0.6) is 11.5 Å². The Bertz CT molecular complexity index is 874. The number of aliphatic imine (C=N–C) groups is 1. The van der Waals surface area contributed by atoms with Crippen molar-refractivity contribution in [3.05, 3.63) is 66.7 Å². The van der Waals surface area contributed by atoms with E-state index >= 15 is 0 Å². The van der Waals surface area contributed by atoms with Gasteiger partial charge in [-0.2, -0.15) is 0 Å². The number of esters is 1. The van der Waals surface area contributed by atoms with E-state index in [1.807, 2.05) is 54.7 Å². The van der Waals surface area contributed by atoms with Crippen molar-refractivity contribution in [3.63, 3.8) is 0 Å².